The van der Waals surface area contributed by atoms with Crippen LogP contribution in [-0.2, 0) is 16.0 Å². The Morgan fingerprint density at radius 2 is 2.15 bits per heavy atom. The van der Waals surface area contributed by atoms with Gasteiger partial charge in [-0.3, -0.25) is 0 Å². The molecule has 0 unspecified atom stereocenters. The molecule has 0 aliphatic heterocycles. The standard InChI is InChI=1S/C15H20N2O3/c1-4-11-9-12(15(16)17-19)8-10(3)13(11)6-7-14(18)20-5-2/h6-9,19H,4-5H2,1-3H3,(H2,16,17)/b7-6+. The fourth-order valence-electron chi connectivity index (χ4n) is 1.95. The highest BCUT2D eigenvalue weighted by Crippen LogP contribution is 2.20. The fourth-order valence-corrected chi connectivity index (χ4v) is 1.95. The maximum absolute atomic E-state index is 11.4. The number of hydrogen-bond acceptors (Lipinski definition) is 4. The Labute approximate surface area is 118 Å². The van der Waals surface area contributed by atoms with E-state index in [0.717, 1.165) is 23.1 Å². The van der Waals surface area contributed by atoms with Gasteiger partial charge in [0.25, 0.3) is 0 Å². The van der Waals surface area contributed by atoms with Crippen LogP contribution in [-0.4, -0.2) is 23.6 Å². The SMILES string of the molecule is CCOC(=O)/C=C/c1c(C)cc(C(N)=NO)cc1CC. The highest BCUT2D eigenvalue weighted by Gasteiger charge is 2.08. The lowest BCUT2D eigenvalue weighted by Gasteiger charge is -2.10. The second-order valence-corrected chi connectivity index (χ2v) is 4.29. The number of aryl methyl sites for hydroxylation is 2. The molecule has 0 fully saturated rings. The molecule has 0 amide bonds. The Morgan fingerprint density at radius 3 is 2.70 bits per heavy atom. The number of carbonyl (C=O) groups excluding carboxylic acids is 1. The Kier molecular flexibility index (Phi) is 5.77. The zero-order valence-corrected chi connectivity index (χ0v) is 12.0. The van der Waals surface area contributed by atoms with Crippen molar-refractivity contribution in [1.82, 2.24) is 0 Å². The quantitative estimate of drug-likeness (QED) is 0.216. The minimum Gasteiger partial charge on any atom is -0.463 e. The zero-order valence-electron chi connectivity index (χ0n) is 12.0. The first-order valence-electron chi connectivity index (χ1n) is 6.49. The summed E-state index contributed by atoms with van der Waals surface area (Å²) in [7, 11) is 0. The first-order chi connectivity index (χ1) is 9.53. The van der Waals surface area contributed by atoms with Crippen molar-refractivity contribution in [2.45, 2.75) is 27.2 Å². The average molecular weight is 276 g/mol. The van der Waals surface area contributed by atoms with E-state index in [1.54, 1.807) is 13.0 Å². The van der Waals surface area contributed by atoms with Gasteiger partial charge in [-0.2, -0.15) is 0 Å². The number of ether oxygens (including phenoxy) is 1. The summed E-state index contributed by atoms with van der Waals surface area (Å²) in [6.45, 7) is 6.04. The van der Waals surface area contributed by atoms with E-state index < -0.39 is 0 Å². The van der Waals surface area contributed by atoms with Crippen LogP contribution in [0.25, 0.3) is 6.08 Å². The molecule has 108 valence electrons. The molecule has 0 saturated carbocycles. The van der Waals surface area contributed by atoms with Crippen LogP contribution in [0.4, 0.5) is 0 Å². The van der Waals surface area contributed by atoms with Gasteiger partial charge >= 0.3 is 5.97 Å². The summed E-state index contributed by atoms with van der Waals surface area (Å²) in [5.74, 6) is -0.293. The van der Waals surface area contributed by atoms with Crippen molar-refractivity contribution in [2.24, 2.45) is 10.9 Å². The van der Waals surface area contributed by atoms with Crippen LogP contribution in [0, 0.1) is 6.92 Å². The smallest absolute Gasteiger partial charge is 0.330 e. The highest BCUT2D eigenvalue weighted by atomic mass is 16.5. The maximum atomic E-state index is 11.4. The lowest BCUT2D eigenvalue weighted by atomic mass is 9.96. The molecule has 1 aromatic rings. The molecule has 0 aliphatic rings. The molecule has 0 bridgehead atoms. The van der Waals surface area contributed by atoms with Gasteiger partial charge in [0.05, 0.1) is 6.61 Å². The molecular formula is C15H20N2O3. The van der Waals surface area contributed by atoms with Crippen molar-refractivity contribution in [2.75, 3.05) is 6.61 Å². The van der Waals surface area contributed by atoms with E-state index in [2.05, 4.69) is 5.16 Å². The summed E-state index contributed by atoms with van der Waals surface area (Å²) in [5.41, 5.74) is 9.19. The summed E-state index contributed by atoms with van der Waals surface area (Å²) in [5, 5.41) is 11.7. The minimum atomic E-state index is -0.366. The summed E-state index contributed by atoms with van der Waals surface area (Å²) in [4.78, 5) is 11.4. The van der Waals surface area contributed by atoms with Gasteiger partial charge in [0.2, 0.25) is 0 Å². The molecule has 5 heteroatoms. The normalized spacial score (nSPS) is 11.8. The average Bonchev–Trinajstić information content (AvgIpc) is 2.44. The van der Waals surface area contributed by atoms with Crippen LogP contribution in [0.3, 0.4) is 0 Å². The van der Waals surface area contributed by atoms with Crippen LogP contribution >= 0.6 is 0 Å². The van der Waals surface area contributed by atoms with Crippen molar-refractivity contribution in [3.05, 3.63) is 40.5 Å². The molecule has 0 heterocycles. The number of hydrogen-bond donors (Lipinski definition) is 2. The second kappa shape index (κ2) is 7.33. The molecule has 1 aromatic carbocycles. The van der Waals surface area contributed by atoms with Gasteiger partial charge in [0.1, 0.15) is 0 Å². The first-order valence-corrected chi connectivity index (χ1v) is 6.49. The Hall–Kier alpha value is -2.30. The Balaban J connectivity index is 3.17. The van der Waals surface area contributed by atoms with Crippen molar-refractivity contribution in [3.8, 4) is 0 Å². The molecule has 3 N–H and O–H groups in total. The maximum Gasteiger partial charge on any atom is 0.330 e. The van der Waals surface area contributed by atoms with Gasteiger partial charge in [-0.1, -0.05) is 12.1 Å². The van der Waals surface area contributed by atoms with Crippen molar-refractivity contribution in [3.63, 3.8) is 0 Å². The lowest BCUT2D eigenvalue weighted by Crippen LogP contribution is -2.14. The number of nitrogens with zero attached hydrogens (tertiary/aromatic N) is 1. The van der Waals surface area contributed by atoms with E-state index in [0.29, 0.717) is 12.2 Å². The zero-order chi connectivity index (χ0) is 15.1. The minimum absolute atomic E-state index is 0.0729. The van der Waals surface area contributed by atoms with E-state index in [1.807, 2.05) is 26.0 Å². The van der Waals surface area contributed by atoms with E-state index in [-0.39, 0.29) is 11.8 Å². The van der Waals surface area contributed by atoms with E-state index in [4.69, 9.17) is 15.7 Å². The number of benzene rings is 1. The summed E-state index contributed by atoms with van der Waals surface area (Å²) < 4.78 is 4.86. The van der Waals surface area contributed by atoms with Crippen LogP contribution in [0.1, 0.15) is 36.1 Å². The van der Waals surface area contributed by atoms with Crippen LogP contribution in [0.15, 0.2) is 23.4 Å². The largest absolute Gasteiger partial charge is 0.463 e. The van der Waals surface area contributed by atoms with Gasteiger partial charge in [0.15, 0.2) is 5.84 Å². The number of carbonyl (C=O) groups is 1. The van der Waals surface area contributed by atoms with Gasteiger partial charge < -0.3 is 15.7 Å². The van der Waals surface area contributed by atoms with E-state index in [1.165, 1.54) is 6.08 Å². The molecular weight excluding hydrogens is 256 g/mol. The van der Waals surface area contributed by atoms with E-state index >= 15 is 0 Å². The van der Waals surface area contributed by atoms with Gasteiger partial charge in [-0.05, 0) is 55.2 Å². The summed E-state index contributed by atoms with van der Waals surface area (Å²) in [6, 6.07) is 3.67. The molecule has 0 aliphatic carbocycles. The molecule has 0 atom stereocenters. The number of oxime groups is 1. The Bertz CT molecular complexity index is 548. The second-order valence-electron chi connectivity index (χ2n) is 4.29. The summed E-state index contributed by atoms with van der Waals surface area (Å²) >= 11 is 0. The Morgan fingerprint density at radius 1 is 1.45 bits per heavy atom. The third-order valence-corrected chi connectivity index (χ3v) is 2.93. The number of amidine groups is 1. The molecule has 0 aromatic heterocycles. The highest BCUT2D eigenvalue weighted by molar-refractivity contribution is 5.98. The molecule has 20 heavy (non-hydrogen) atoms. The predicted molar refractivity (Wildman–Crippen MR) is 78.7 cm³/mol. The molecule has 0 saturated heterocycles. The van der Waals surface area contributed by atoms with Crippen molar-refractivity contribution in [1.29, 1.82) is 0 Å². The number of nitrogens with two attached hydrogens (primary N) is 1. The number of esters is 1. The third-order valence-electron chi connectivity index (χ3n) is 2.93. The van der Waals surface area contributed by atoms with Gasteiger partial charge in [-0.25, -0.2) is 4.79 Å². The molecule has 0 radical (unpaired) electrons. The van der Waals surface area contributed by atoms with Crippen LogP contribution in [0.5, 0.6) is 0 Å². The third kappa shape index (κ3) is 3.85. The predicted octanol–water partition coefficient (Wildman–Crippen LogP) is 2.23. The van der Waals surface area contributed by atoms with Gasteiger partial charge in [0, 0.05) is 11.6 Å². The van der Waals surface area contributed by atoms with E-state index in [9.17, 15) is 4.79 Å². The molecule has 1 rings (SSSR count). The van der Waals surface area contributed by atoms with Crippen LogP contribution in [0.2, 0.25) is 0 Å². The fraction of sp³-hybridized carbons (Fsp3) is 0.333. The topological polar surface area (TPSA) is 84.9 Å². The summed E-state index contributed by atoms with van der Waals surface area (Å²) in [6.07, 6.45) is 3.92. The van der Waals surface area contributed by atoms with Gasteiger partial charge in [-0.15, -0.1) is 0 Å². The monoisotopic (exact) mass is 276 g/mol. The van der Waals surface area contributed by atoms with Crippen molar-refractivity contribution < 1.29 is 14.7 Å². The molecule has 5 nitrogen and oxygen atoms in total. The van der Waals surface area contributed by atoms with Crippen molar-refractivity contribution >= 4 is 17.9 Å². The van der Waals surface area contributed by atoms with Crippen LogP contribution < -0.4 is 5.73 Å². The first kappa shape index (κ1) is 15.8. The number of rotatable bonds is 5. The lowest BCUT2D eigenvalue weighted by molar-refractivity contribution is -0.137. The molecule has 0 spiro atoms.